The minimum atomic E-state index is -0.938. The van der Waals surface area contributed by atoms with Gasteiger partial charge in [0.1, 0.15) is 13.1 Å². The first kappa shape index (κ1) is 46.7. The molecule has 1 aromatic carbocycles. The van der Waals surface area contributed by atoms with Crippen molar-refractivity contribution >= 4 is 40.3 Å². The molecular formula is C48H76N4O4. The molecule has 2 amide bonds. The zero-order valence-corrected chi connectivity index (χ0v) is 36.4. The third kappa shape index (κ3) is 12.7. The molecule has 0 saturated heterocycles. The number of allylic oxidation sites excluding steroid dienone is 5. The Balaban J connectivity index is 2.12. The molecule has 1 aromatic rings. The Hall–Kier alpha value is -3.68. The molecule has 3 rings (SSSR count). The highest BCUT2D eigenvalue weighted by Crippen LogP contribution is 2.45. The molecule has 0 fully saturated rings. The highest BCUT2D eigenvalue weighted by atomic mass is 16.3. The van der Waals surface area contributed by atoms with Crippen LogP contribution in [0.5, 0.6) is 0 Å². The molecule has 56 heavy (non-hydrogen) atoms. The van der Waals surface area contributed by atoms with Crippen LogP contribution in [-0.4, -0.2) is 54.1 Å². The molecule has 0 radical (unpaired) electrons. The summed E-state index contributed by atoms with van der Waals surface area (Å²) in [6.07, 6.45) is 21.5. The third-order valence-electron chi connectivity index (χ3n) is 11.7. The van der Waals surface area contributed by atoms with Gasteiger partial charge in [-0.3, -0.25) is 14.4 Å². The van der Waals surface area contributed by atoms with Gasteiger partial charge in [0, 0.05) is 84.3 Å². The molecule has 2 N–H and O–H groups in total. The monoisotopic (exact) mass is 773 g/mol. The Morgan fingerprint density at radius 1 is 0.750 bits per heavy atom. The van der Waals surface area contributed by atoms with Gasteiger partial charge in [-0.15, -0.1) is 5.76 Å². The lowest BCUT2D eigenvalue weighted by Crippen LogP contribution is -2.45. The fraction of sp³-hybridized carbons (Fsp3) is 0.667. The molecule has 2 aliphatic rings. The summed E-state index contributed by atoms with van der Waals surface area (Å²) in [6, 6.07) is 5.84. The summed E-state index contributed by atoms with van der Waals surface area (Å²) in [5, 5.41) is 20.9. The van der Waals surface area contributed by atoms with Crippen LogP contribution in [0.1, 0.15) is 164 Å². The molecule has 0 heterocycles. The van der Waals surface area contributed by atoms with Crippen molar-refractivity contribution in [3.05, 3.63) is 53.4 Å². The summed E-state index contributed by atoms with van der Waals surface area (Å²) in [7, 11) is 0. The molecule has 8 heteroatoms. The van der Waals surface area contributed by atoms with Crippen molar-refractivity contribution in [2.75, 3.05) is 36.4 Å². The van der Waals surface area contributed by atoms with Crippen LogP contribution in [-0.2, 0) is 14.4 Å². The lowest BCUT2D eigenvalue weighted by molar-refractivity contribution is -0.527. The second kappa shape index (κ2) is 24.8. The van der Waals surface area contributed by atoms with Gasteiger partial charge < -0.3 is 20.6 Å². The average molecular weight is 773 g/mol. The van der Waals surface area contributed by atoms with Gasteiger partial charge in [-0.1, -0.05) is 119 Å². The number of benzene rings is 1. The van der Waals surface area contributed by atoms with Crippen molar-refractivity contribution in [1.82, 2.24) is 5.32 Å². The highest BCUT2D eigenvalue weighted by Gasteiger charge is 2.43. The van der Waals surface area contributed by atoms with Crippen molar-refractivity contribution < 1.29 is 24.1 Å². The number of Topliss-reactive ketones (excluding diaryl/α,β-unsaturated/α-hetero) is 1. The molecule has 8 nitrogen and oxygen atoms in total. The van der Waals surface area contributed by atoms with Gasteiger partial charge in [-0.25, -0.2) is 4.58 Å². The minimum Gasteiger partial charge on any atom is -0.874 e. The van der Waals surface area contributed by atoms with E-state index in [0.29, 0.717) is 16.9 Å². The number of nitrogens with zero attached hydrogens (tertiary/aromatic N) is 2. The van der Waals surface area contributed by atoms with Crippen molar-refractivity contribution in [2.45, 2.75) is 158 Å². The zero-order chi connectivity index (χ0) is 41.0. The first-order chi connectivity index (χ1) is 27.1. The summed E-state index contributed by atoms with van der Waals surface area (Å²) in [6.45, 7) is 20.7. The van der Waals surface area contributed by atoms with Crippen LogP contribution in [0.2, 0.25) is 0 Å². The quantitative estimate of drug-likeness (QED) is 0.0867. The summed E-state index contributed by atoms with van der Waals surface area (Å²) < 4.78 is 2.37. The van der Waals surface area contributed by atoms with E-state index in [9.17, 15) is 19.5 Å². The Bertz CT molecular complexity index is 1540. The van der Waals surface area contributed by atoms with Crippen molar-refractivity contribution in [3.63, 3.8) is 0 Å². The Kier molecular flexibility index (Phi) is 20.7. The lowest BCUT2D eigenvalue weighted by atomic mass is 9.69. The van der Waals surface area contributed by atoms with E-state index in [1.165, 1.54) is 0 Å². The fourth-order valence-corrected chi connectivity index (χ4v) is 7.89. The van der Waals surface area contributed by atoms with Crippen LogP contribution in [0.3, 0.4) is 0 Å². The van der Waals surface area contributed by atoms with E-state index in [4.69, 9.17) is 0 Å². The molecule has 0 saturated carbocycles. The van der Waals surface area contributed by atoms with E-state index in [1.54, 1.807) is 0 Å². The van der Waals surface area contributed by atoms with Gasteiger partial charge in [-0.2, -0.15) is 0 Å². The summed E-state index contributed by atoms with van der Waals surface area (Å²) in [5.41, 5.74) is 3.77. The zero-order valence-electron chi connectivity index (χ0n) is 36.4. The first-order valence-corrected chi connectivity index (χ1v) is 22.6. The molecule has 0 aromatic heterocycles. The molecular weight excluding hydrogens is 697 g/mol. The number of amides is 2. The maximum absolute atomic E-state index is 14.4. The van der Waals surface area contributed by atoms with E-state index in [2.05, 4.69) is 61.7 Å². The number of hydrogen-bond acceptors (Lipinski definition) is 5. The van der Waals surface area contributed by atoms with Gasteiger partial charge in [-0.05, 0) is 50.7 Å². The van der Waals surface area contributed by atoms with Gasteiger partial charge in [0.25, 0.3) is 0 Å². The smallest absolute Gasteiger partial charge is 0.227 e. The van der Waals surface area contributed by atoms with E-state index >= 15 is 0 Å². The molecule has 0 spiro atoms. The lowest BCUT2D eigenvalue weighted by Gasteiger charge is -2.42. The Morgan fingerprint density at radius 3 is 1.79 bits per heavy atom. The van der Waals surface area contributed by atoms with Gasteiger partial charge in [0.15, 0.2) is 5.78 Å². The minimum absolute atomic E-state index is 0.0474. The normalized spacial score (nSPS) is 17.7. The summed E-state index contributed by atoms with van der Waals surface area (Å²) in [5.74, 6) is -2.41. The van der Waals surface area contributed by atoms with Gasteiger partial charge in [0.2, 0.25) is 17.5 Å². The number of anilines is 2. The number of ketones is 1. The third-order valence-corrected chi connectivity index (χ3v) is 11.7. The number of nitrogens with one attached hydrogen (secondary N) is 2. The van der Waals surface area contributed by atoms with E-state index in [0.717, 1.165) is 140 Å². The van der Waals surface area contributed by atoms with E-state index < -0.39 is 11.8 Å². The maximum Gasteiger partial charge on any atom is 0.227 e. The van der Waals surface area contributed by atoms with Crippen LogP contribution < -0.4 is 20.6 Å². The topological polar surface area (TPSA) is 105 Å². The van der Waals surface area contributed by atoms with Crippen molar-refractivity contribution in [3.8, 4) is 0 Å². The largest absolute Gasteiger partial charge is 0.874 e. The average Bonchev–Trinajstić information content (AvgIpc) is 3.20. The van der Waals surface area contributed by atoms with Crippen LogP contribution in [0.25, 0.3) is 5.57 Å². The fourth-order valence-electron chi connectivity index (χ4n) is 7.89. The molecule has 2 aliphatic carbocycles. The van der Waals surface area contributed by atoms with E-state index in [1.807, 2.05) is 50.3 Å². The first-order valence-electron chi connectivity index (χ1n) is 22.6. The number of carbonyl (C=O) groups excluding carboxylic acids is 3. The molecule has 0 bridgehead atoms. The van der Waals surface area contributed by atoms with Crippen molar-refractivity contribution in [1.29, 1.82) is 0 Å². The molecule has 4 atom stereocenters. The predicted octanol–water partition coefficient (Wildman–Crippen LogP) is 9.97. The van der Waals surface area contributed by atoms with Crippen LogP contribution in [0.15, 0.2) is 47.9 Å². The number of unbranched alkanes of at least 4 members (excludes halogenated alkanes) is 6. The summed E-state index contributed by atoms with van der Waals surface area (Å²) in [4.78, 5) is 44.3. The molecule has 312 valence electrons. The second-order valence-corrected chi connectivity index (χ2v) is 16.1. The summed E-state index contributed by atoms with van der Waals surface area (Å²) >= 11 is 0. The van der Waals surface area contributed by atoms with Crippen LogP contribution >= 0.6 is 0 Å². The second-order valence-electron chi connectivity index (χ2n) is 16.1. The number of rotatable bonds is 27. The number of carbonyl (C=O) groups is 3. The van der Waals surface area contributed by atoms with Gasteiger partial charge >= 0.3 is 0 Å². The molecule has 4 unspecified atom stereocenters. The highest BCUT2D eigenvalue weighted by molar-refractivity contribution is 6.31. The standard InChI is InChI=1S/C48H76N4O4/c1-9-17-23-35(15-7)47(55)49-41-33-37(51(29-19-11-3)30-20-12-4)25-27-39(41)43-45(53)44(46(43)54)40-28-26-38(52(31-21-13-5)32-22-14-6)34-42(40)50-48(56)36(16-8)24-18-10-2/h25-28,33-36,39,43H,9-24,29-32H2,1-8H3,(H2,50,53,54,56). The van der Waals surface area contributed by atoms with Crippen molar-refractivity contribution in [2.24, 2.45) is 23.7 Å². The van der Waals surface area contributed by atoms with Crippen LogP contribution in [0, 0.1) is 23.7 Å². The molecule has 0 aliphatic heterocycles. The Morgan fingerprint density at radius 2 is 1.29 bits per heavy atom. The van der Waals surface area contributed by atoms with Gasteiger partial charge in [0.05, 0.1) is 5.69 Å². The van der Waals surface area contributed by atoms with E-state index in [-0.39, 0.29) is 40.8 Å². The predicted molar refractivity (Wildman–Crippen MR) is 233 cm³/mol. The SMILES string of the molecule is CCCCC(CC)C(=O)NC1=CC(=[N+](CCCC)CCCC)C=CC1C1C(=O)C(c2ccc(N(CCCC)CCCC)cc2NC(=O)C(CC)CCCC)=C1[O-]. The Labute approximate surface area is 340 Å². The number of hydrogen-bond donors (Lipinski definition) is 2. The van der Waals surface area contributed by atoms with Crippen LogP contribution in [0.4, 0.5) is 11.4 Å². The maximum atomic E-state index is 14.4.